The molecule has 14 heavy (non-hydrogen) atoms. The van der Waals surface area contributed by atoms with E-state index in [1.807, 2.05) is 0 Å². The SMILES string of the molecule is NCCC(=O)N1C[C@H](O)C[C@H]1C(=O)O. The highest BCUT2D eigenvalue weighted by Crippen LogP contribution is 2.18. The van der Waals surface area contributed by atoms with Crippen molar-refractivity contribution in [2.75, 3.05) is 13.1 Å². The molecule has 0 aromatic heterocycles. The summed E-state index contributed by atoms with van der Waals surface area (Å²) in [4.78, 5) is 23.3. The van der Waals surface area contributed by atoms with E-state index in [9.17, 15) is 14.7 Å². The van der Waals surface area contributed by atoms with Gasteiger partial charge in [0.2, 0.25) is 5.91 Å². The Morgan fingerprint density at radius 3 is 2.64 bits per heavy atom. The fraction of sp³-hybridized carbons (Fsp3) is 0.750. The molecule has 80 valence electrons. The minimum Gasteiger partial charge on any atom is -0.480 e. The maximum Gasteiger partial charge on any atom is 0.326 e. The van der Waals surface area contributed by atoms with Gasteiger partial charge in [-0.15, -0.1) is 0 Å². The zero-order chi connectivity index (χ0) is 10.7. The largest absolute Gasteiger partial charge is 0.480 e. The van der Waals surface area contributed by atoms with Crippen LogP contribution in [0.1, 0.15) is 12.8 Å². The molecule has 0 aliphatic carbocycles. The molecule has 2 atom stereocenters. The number of carbonyl (C=O) groups is 2. The van der Waals surface area contributed by atoms with Crippen LogP contribution in [-0.4, -0.2) is 52.2 Å². The number of hydrogen-bond acceptors (Lipinski definition) is 4. The van der Waals surface area contributed by atoms with Gasteiger partial charge in [-0.1, -0.05) is 0 Å². The van der Waals surface area contributed by atoms with Crippen LogP contribution in [0, 0.1) is 0 Å². The van der Waals surface area contributed by atoms with Crippen molar-refractivity contribution in [3.05, 3.63) is 0 Å². The Balaban J connectivity index is 2.66. The predicted octanol–water partition coefficient (Wildman–Crippen LogP) is -1.62. The summed E-state index contributed by atoms with van der Waals surface area (Å²) in [5.41, 5.74) is 5.20. The molecular formula is C8H14N2O4. The van der Waals surface area contributed by atoms with Gasteiger partial charge in [-0.2, -0.15) is 0 Å². The van der Waals surface area contributed by atoms with Gasteiger partial charge in [0.1, 0.15) is 6.04 Å². The number of aliphatic hydroxyl groups excluding tert-OH is 1. The lowest BCUT2D eigenvalue weighted by molar-refractivity contribution is -0.148. The molecule has 1 aliphatic heterocycles. The Bertz CT molecular complexity index is 243. The number of carbonyl (C=O) groups excluding carboxylic acids is 1. The van der Waals surface area contributed by atoms with Crippen molar-refractivity contribution in [2.45, 2.75) is 25.0 Å². The lowest BCUT2D eigenvalue weighted by atomic mass is 10.2. The van der Waals surface area contributed by atoms with E-state index < -0.39 is 18.1 Å². The number of amides is 1. The Kier molecular flexibility index (Phi) is 3.43. The summed E-state index contributed by atoms with van der Waals surface area (Å²) in [6, 6.07) is -0.899. The summed E-state index contributed by atoms with van der Waals surface area (Å²) in [5, 5.41) is 18.0. The van der Waals surface area contributed by atoms with Gasteiger partial charge < -0.3 is 20.8 Å². The van der Waals surface area contributed by atoms with Crippen LogP contribution in [0.2, 0.25) is 0 Å². The normalized spacial score (nSPS) is 26.6. The van der Waals surface area contributed by atoms with E-state index >= 15 is 0 Å². The van der Waals surface area contributed by atoms with Crippen LogP contribution in [0.3, 0.4) is 0 Å². The summed E-state index contributed by atoms with van der Waals surface area (Å²) in [6.45, 7) is 0.285. The Hall–Kier alpha value is -1.14. The Morgan fingerprint density at radius 2 is 2.14 bits per heavy atom. The van der Waals surface area contributed by atoms with Gasteiger partial charge in [-0.3, -0.25) is 4.79 Å². The average molecular weight is 202 g/mol. The molecule has 0 bridgehead atoms. The second-order valence-corrected chi connectivity index (χ2v) is 3.33. The number of likely N-dealkylation sites (tertiary alicyclic amines) is 1. The highest BCUT2D eigenvalue weighted by atomic mass is 16.4. The Labute approximate surface area is 81.3 Å². The van der Waals surface area contributed by atoms with Crippen molar-refractivity contribution < 1.29 is 19.8 Å². The molecule has 0 saturated carbocycles. The number of nitrogens with two attached hydrogens (primary N) is 1. The van der Waals surface area contributed by atoms with Crippen LogP contribution < -0.4 is 5.73 Å². The lowest BCUT2D eigenvalue weighted by Gasteiger charge is -2.20. The summed E-state index contributed by atoms with van der Waals surface area (Å²) >= 11 is 0. The lowest BCUT2D eigenvalue weighted by Crippen LogP contribution is -2.41. The van der Waals surface area contributed by atoms with Crippen LogP contribution >= 0.6 is 0 Å². The van der Waals surface area contributed by atoms with Crippen molar-refractivity contribution in [1.82, 2.24) is 4.90 Å². The summed E-state index contributed by atoms with van der Waals surface area (Å²) < 4.78 is 0. The van der Waals surface area contributed by atoms with E-state index in [1.54, 1.807) is 0 Å². The predicted molar refractivity (Wildman–Crippen MR) is 47.4 cm³/mol. The topological polar surface area (TPSA) is 104 Å². The van der Waals surface area contributed by atoms with Crippen LogP contribution in [0.4, 0.5) is 0 Å². The molecule has 0 aromatic rings. The van der Waals surface area contributed by atoms with Gasteiger partial charge in [0.25, 0.3) is 0 Å². The molecular weight excluding hydrogens is 188 g/mol. The van der Waals surface area contributed by atoms with Gasteiger partial charge in [0, 0.05) is 25.9 Å². The molecule has 1 heterocycles. The molecule has 0 aromatic carbocycles. The first-order valence-corrected chi connectivity index (χ1v) is 4.46. The number of carboxylic acids is 1. The van der Waals surface area contributed by atoms with Crippen LogP contribution in [0.25, 0.3) is 0 Å². The van der Waals surface area contributed by atoms with Crippen molar-refractivity contribution in [3.8, 4) is 0 Å². The van der Waals surface area contributed by atoms with Crippen molar-refractivity contribution in [2.24, 2.45) is 5.73 Å². The minimum absolute atomic E-state index is 0.0931. The maximum atomic E-state index is 11.4. The standard InChI is InChI=1S/C8H14N2O4/c9-2-1-7(12)10-4-5(11)3-6(10)8(13)14/h5-6,11H,1-4,9H2,(H,13,14)/t5-,6+/m1/s1. The zero-order valence-electron chi connectivity index (χ0n) is 7.72. The number of β-amino-alcohol motifs (C(OH)–C–C–N with tert-alkyl or cyclic N) is 1. The van der Waals surface area contributed by atoms with E-state index in [2.05, 4.69) is 0 Å². The van der Waals surface area contributed by atoms with Gasteiger partial charge in [-0.25, -0.2) is 4.79 Å². The molecule has 0 spiro atoms. The van der Waals surface area contributed by atoms with Gasteiger partial charge in [0.05, 0.1) is 6.10 Å². The van der Waals surface area contributed by atoms with Crippen LogP contribution in [0.15, 0.2) is 0 Å². The molecule has 6 nitrogen and oxygen atoms in total. The molecule has 1 amide bonds. The second-order valence-electron chi connectivity index (χ2n) is 3.33. The summed E-state index contributed by atoms with van der Waals surface area (Å²) in [6.07, 6.45) is -0.514. The zero-order valence-corrected chi connectivity index (χ0v) is 7.72. The summed E-state index contributed by atoms with van der Waals surface area (Å²) in [7, 11) is 0. The molecule has 1 saturated heterocycles. The third kappa shape index (κ3) is 2.21. The monoisotopic (exact) mass is 202 g/mol. The Morgan fingerprint density at radius 1 is 1.50 bits per heavy atom. The van der Waals surface area contributed by atoms with E-state index in [1.165, 1.54) is 4.90 Å². The highest BCUT2D eigenvalue weighted by Gasteiger charge is 2.38. The quantitative estimate of drug-likeness (QED) is 0.510. The van der Waals surface area contributed by atoms with Gasteiger partial charge in [-0.05, 0) is 0 Å². The maximum absolute atomic E-state index is 11.4. The molecule has 1 aliphatic rings. The van der Waals surface area contributed by atoms with E-state index in [0.717, 1.165) is 0 Å². The number of aliphatic carboxylic acids is 1. The third-order valence-corrected chi connectivity index (χ3v) is 2.24. The smallest absolute Gasteiger partial charge is 0.326 e. The molecule has 0 radical (unpaired) electrons. The first kappa shape index (κ1) is 10.9. The molecule has 4 N–H and O–H groups in total. The fourth-order valence-electron chi connectivity index (χ4n) is 1.59. The van der Waals surface area contributed by atoms with E-state index in [4.69, 9.17) is 10.8 Å². The molecule has 0 unspecified atom stereocenters. The van der Waals surface area contributed by atoms with Crippen molar-refractivity contribution in [1.29, 1.82) is 0 Å². The van der Waals surface area contributed by atoms with Crippen LogP contribution in [-0.2, 0) is 9.59 Å². The molecule has 1 rings (SSSR count). The second kappa shape index (κ2) is 4.39. The highest BCUT2D eigenvalue weighted by molar-refractivity contribution is 5.84. The first-order chi connectivity index (χ1) is 6.56. The average Bonchev–Trinajstić information content (AvgIpc) is 2.48. The van der Waals surface area contributed by atoms with Gasteiger partial charge >= 0.3 is 5.97 Å². The number of carboxylic acid groups (broad SMARTS) is 1. The van der Waals surface area contributed by atoms with Crippen molar-refractivity contribution in [3.63, 3.8) is 0 Å². The molecule has 1 fully saturated rings. The van der Waals surface area contributed by atoms with Gasteiger partial charge in [0.15, 0.2) is 0 Å². The van der Waals surface area contributed by atoms with E-state index in [0.29, 0.717) is 0 Å². The number of aliphatic hydroxyl groups is 1. The van der Waals surface area contributed by atoms with E-state index in [-0.39, 0.29) is 31.8 Å². The number of nitrogens with zero attached hydrogens (tertiary/aromatic N) is 1. The van der Waals surface area contributed by atoms with Crippen molar-refractivity contribution >= 4 is 11.9 Å². The summed E-state index contributed by atoms with van der Waals surface area (Å²) in [5.74, 6) is -1.39. The molecule has 6 heteroatoms. The number of rotatable bonds is 3. The fourth-order valence-corrected chi connectivity index (χ4v) is 1.59. The number of hydrogen-bond donors (Lipinski definition) is 3. The van der Waals surface area contributed by atoms with Crippen LogP contribution in [0.5, 0.6) is 0 Å². The first-order valence-electron chi connectivity index (χ1n) is 4.46. The third-order valence-electron chi connectivity index (χ3n) is 2.24. The minimum atomic E-state index is -1.08.